The average molecular weight is 299 g/mol. The molecule has 118 valence electrons. The summed E-state index contributed by atoms with van der Waals surface area (Å²) in [6.07, 6.45) is -0.755. The van der Waals surface area contributed by atoms with E-state index in [-0.39, 0.29) is 18.4 Å². The predicted octanol–water partition coefficient (Wildman–Crippen LogP) is 0.426. The largest absolute Gasteiger partial charge is 0.488 e. The Kier molecular flexibility index (Phi) is 7.49. The second-order valence-corrected chi connectivity index (χ2v) is 4.73. The van der Waals surface area contributed by atoms with Crippen molar-refractivity contribution in [3.8, 4) is 5.75 Å². The molecule has 0 saturated heterocycles. The summed E-state index contributed by atoms with van der Waals surface area (Å²) >= 11 is 0. The topological polar surface area (TPSA) is 73.8 Å². The van der Waals surface area contributed by atoms with Crippen LogP contribution in [0.2, 0.25) is 0 Å². The van der Waals surface area contributed by atoms with Crippen molar-refractivity contribution in [1.82, 2.24) is 15.5 Å². The molecule has 0 radical (unpaired) electrons. The van der Waals surface area contributed by atoms with Gasteiger partial charge >= 0.3 is 6.03 Å². The number of benzene rings is 1. The van der Waals surface area contributed by atoms with Crippen LogP contribution in [0.25, 0.3) is 0 Å². The molecule has 3 N–H and O–H groups in total. The van der Waals surface area contributed by atoms with E-state index in [2.05, 4.69) is 10.6 Å². The maximum atomic E-state index is 13.3. The van der Waals surface area contributed by atoms with Crippen LogP contribution in [-0.2, 0) is 0 Å². The number of urea groups is 1. The van der Waals surface area contributed by atoms with E-state index < -0.39 is 11.9 Å². The van der Waals surface area contributed by atoms with Crippen molar-refractivity contribution in [1.29, 1.82) is 0 Å². The number of amides is 2. The molecule has 1 aromatic rings. The Labute approximate surface area is 123 Å². The summed E-state index contributed by atoms with van der Waals surface area (Å²) in [5, 5.41) is 15.3. The fourth-order valence-corrected chi connectivity index (χ4v) is 1.49. The molecule has 1 unspecified atom stereocenters. The van der Waals surface area contributed by atoms with E-state index in [9.17, 15) is 14.3 Å². The molecule has 0 fully saturated rings. The van der Waals surface area contributed by atoms with Gasteiger partial charge in [0.1, 0.15) is 12.7 Å². The van der Waals surface area contributed by atoms with E-state index in [4.69, 9.17) is 4.74 Å². The Morgan fingerprint density at radius 3 is 2.76 bits per heavy atom. The third-order valence-electron chi connectivity index (χ3n) is 2.63. The highest BCUT2D eigenvalue weighted by molar-refractivity contribution is 5.73. The summed E-state index contributed by atoms with van der Waals surface area (Å²) in [6.45, 7) is 1.28. The van der Waals surface area contributed by atoms with Crippen molar-refractivity contribution in [2.24, 2.45) is 0 Å². The summed E-state index contributed by atoms with van der Waals surface area (Å²) < 4.78 is 18.5. The van der Waals surface area contributed by atoms with Crippen LogP contribution in [0.5, 0.6) is 5.75 Å². The molecule has 7 heteroatoms. The standard InChI is InChI=1S/C14H22FN3O3/c1-18(2)14(20)17-8-7-16-9-11(19)10-21-13-6-4-3-5-12(13)15/h3-6,11,16,19H,7-10H2,1-2H3,(H,17,20). The number of hydrogen-bond donors (Lipinski definition) is 3. The Morgan fingerprint density at radius 2 is 2.10 bits per heavy atom. The molecule has 6 nitrogen and oxygen atoms in total. The normalized spacial score (nSPS) is 11.8. The first-order valence-electron chi connectivity index (χ1n) is 6.72. The van der Waals surface area contributed by atoms with Crippen molar-refractivity contribution in [2.45, 2.75) is 6.10 Å². The Hall–Kier alpha value is -1.86. The maximum Gasteiger partial charge on any atom is 0.316 e. The van der Waals surface area contributed by atoms with Gasteiger partial charge in [0.2, 0.25) is 0 Å². The number of carbonyl (C=O) groups excluding carboxylic acids is 1. The second-order valence-electron chi connectivity index (χ2n) is 4.73. The van der Waals surface area contributed by atoms with Crippen molar-refractivity contribution < 1.29 is 19.0 Å². The van der Waals surface area contributed by atoms with E-state index >= 15 is 0 Å². The third-order valence-corrected chi connectivity index (χ3v) is 2.63. The number of ether oxygens (including phenoxy) is 1. The zero-order valence-electron chi connectivity index (χ0n) is 12.3. The number of aliphatic hydroxyl groups is 1. The van der Waals surface area contributed by atoms with Gasteiger partial charge in [-0.2, -0.15) is 0 Å². The molecule has 0 bridgehead atoms. The van der Waals surface area contributed by atoms with Gasteiger partial charge in [0.15, 0.2) is 11.6 Å². The van der Waals surface area contributed by atoms with Gasteiger partial charge in [0.25, 0.3) is 0 Å². The fourth-order valence-electron chi connectivity index (χ4n) is 1.49. The zero-order chi connectivity index (χ0) is 15.7. The van der Waals surface area contributed by atoms with Crippen LogP contribution in [0.1, 0.15) is 0 Å². The van der Waals surface area contributed by atoms with Crippen molar-refractivity contribution >= 4 is 6.03 Å². The molecule has 2 amide bonds. The first-order chi connectivity index (χ1) is 10.0. The lowest BCUT2D eigenvalue weighted by Crippen LogP contribution is -2.40. The minimum Gasteiger partial charge on any atom is -0.488 e. The molecule has 1 aromatic carbocycles. The van der Waals surface area contributed by atoms with Gasteiger partial charge in [-0.3, -0.25) is 0 Å². The second kappa shape index (κ2) is 9.15. The lowest BCUT2D eigenvalue weighted by molar-refractivity contribution is 0.104. The van der Waals surface area contributed by atoms with E-state index in [1.807, 2.05) is 0 Å². The Bertz CT molecular complexity index is 443. The number of halogens is 1. The van der Waals surface area contributed by atoms with Gasteiger partial charge in [-0.1, -0.05) is 12.1 Å². The molecule has 0 aromatic heterocycles. The number of rotatable bonds is 8. The van der Waals surface area contributed by atoms with Gasteiger partial charge in [0.05, 0.1) is 0 Å². The molecular formula is C14H22FN3O3. The number of carbonyl (C=O) groups is 1. The fraction of sp³-hybridized carbons (Fsp3) is 0.500. The summed E-state index contributed by atoms with van der Waals surface area (Å²) in [4.78, 5) is 12.7. The third kappa shape index (κ3) is 6.92. The highest BCUT2D eigenvalue weighted by Crippen LogP contribution is 2.15. The number of nitrogens with one attached hydrogen (secondary N) is 2. The first-order valence-corrected chi connectivity index (χ1v) is 6.72. The molecule has 0 spiro atoms. The predicted molar refractivity (Wildman–Crippen MR) is 77.9 cm³/mol. The lowest BCUT2D eigenvalue weighted by atomic mass is 10.3. The summed E-state index contributed by atoms with van der Waals surface area (Å²) in [5.74, 6) is -0.334. The summed E-state index contributed by atoms with van der Waals surface area (Å²) in [5.41, 5.74) is 0. The van der Waals surface area contributed by atoms with E-state index in [0.29, 0.717) is 19.6 Å². The van der Waals surface area contributed by atoms with Gasteiger partial charge in [-0.15, -0.1) is 0 Å². The van der Waals surface area contributed by atoms with Crippen LogP contribution in [0, 0.1) is 5.82 Å². The van der Waals surface area contributed by atoms with E-state index in [1.54, 1.807) is 26.2 Å². The van der Waals surface area contributed by atoms with Gasteiger partial charge in [-0.25, -0.2) is 9.18 Å². The highest BCUT2D eigenvalue weighted by atomic mass is 19.1. The minimum absolute atomic E-state index is 0.00199. The summed E-state index contributed by atoms with van der Waals surface area (Å²) in [7, 11) is 3.32. The first kappa shape index (κ1) is 17.2. The average Bonchev–Trinajstić information content (AvgIpc) is 2.45. The van der Waals surface area contributed by atoms with Crippen LogP contribution in [0.15, 0.2) is 24.3 Å². The molecule has 1 atom stereocenters. The quantitative estimate of drug-likeness (QED) is 0.609. The minimum atomic E-state index is -0.755. The summed E-state index contributed by atoms with van der Waals surface area (Å²) in [6, 6.07) is 5.87. The zero-order valence-corrected chi connectivity index (χ0v) is 12.3. The number of hydrogen-bond acceptors (Lipinski definition) is 4. The smallest absolute Gasteiger partial charge is 0.316 e. The molecular weight excluding hydrogens is 277 g/mol. The molecule has 0 aliphatic rings. The van der Waals surface area contributed by atoms with Crippen LogP contribution >= 0.6 is 0 Å². The van der Waals surface area contributed by atoms with Crippen LogP contribution < -0.4 is 15.4 Å². The Balaban J connectivity index is 2.10. The molecule has 21 heavy (non-hydrogen) atoms. The van der Waals surface area contributed by atoms with E-state index in [1.165, 1.54) is 17.0 Å². The van der Waals surface area contributed by atoms with Gasteiger partial charge in [0, 0.05) is 33.7 Å². The van der Waals surface area contributed by atoms with Crippen LogP contribution in [-0.4, -0.2) is 62.5 Å². The van der Waals surface area contributed by atoms with Crippen molar-refractivity contribution in [3.05, 3.63) is 30.1 Å². The number of para-hydroxylation sites is 1. The van der Waals surface area contributed by atoms with Crippen LogP contribution in [0.3, 0.4) is 0 Å². The number of nitrogens with zero attached hydrogens (tertiary/aromatic N) is 1. The molecule has 0 aliphatic carbocycles. The van der Waals surface area contributed by atoms with Crippen LogP contribution in [0.4, 0.5) is 9.18 Å². The molecule has 0 heterocycles. The molecule has 0 aliphatic heterocycles. The maximum absolute atomic E-state index is 13.3. The molecule has 1 rings (SSSR count). The lowest BCUT2D eigenvalue weighted by Gasteiger charge is -2.15. The van der Waals surface area contributed by atoms with Gasteiger partial charge < -0.3 is 25.4 Å². The Morgan fingerprint density at radius 1 is 1.38 bits per heavy atom. The monoisotopic (exact) mass is 299 g/mol. The van der Waals surface area contributed by atoms with Crippen molar-refractivity contribution in [2.75, 3.05) is 40.3 Å². The van der Waals surface area contributed by atoms with Crippen molar-refractivity contribution in [3.63, 3.8) is 0 Å². The van der Waals surface area contributed by atoms with Gasteiger partial charge in [-0.05, 0) is 12.1 Å². The molecule has 0 saturated carbocycles. The van der Waals surface area contributed by atoms with E-state index in [0.717, 1.165) is 0 Å². The highest BCUT2D eigenvalue weighted by Gasteiger charge is 2.07. The SMILES string of the molecule is CN(C)C(=O)NCCNCC(O)COc1ccccc1F. The number of aliphatic hydroxyl groups excluding tert-OH is 1.